The van der Waals surface area contributed by atoms with Gasteiger partial charge in [0.25, 0.3) is 0 Å². The molecule has 29 heavy (non-hydrogen) atoms. The molecular weight excluding hydrogens is 485 g/mol. The fourth-order valence-corrected chi connectivity index (χ4v) is 2.49. The molecule has 0 aliphatic heterocycles. The van der Waals surface area contributed by atoms with Crippen LogP contribution in [0.15, 0.2) is 47.5 Å². The summed E-state index contributed by atoms with van der Waals surface area (Å²) in [6, 6.07) is 13.2. The molecule has 2 N–H and O–H groups in total. The van der Waals surface area contributed by atoms with Crippen molar-refractivity contribution in [3.05, 3.63) is 42.5 Å². The largest absolute Gasteiger partial charge is 0.497 e. The van der Waals surface area contributed by atoms with Gasteiger partial charge in [0, 0.05) is 37.3 Å². The van der Waals surface area contributed by atoms with Gasteiger partial charge in [-0.3, -0.25) is 4.99 Å². The van der Waals surface area contributed by atoms with E-state index < -0.39 is 0 Å². The average Bonchev–Trinajstić information content (AvgIpc) is 2.73. The second-order valence-electron chi connectivity index (χ2n) is 5.84. The Bertz CT molecular complexity index is 771. The van der Waals surface area contributed by atoms with E-state index in [1.807, 2.05) is 49.4 Å². The van der Waals surface area contributed by atoms with Crippen molar-refractivity contribution in [1.82, 2.24) is 5.32 Å². The number of methoxy groups -OCH3 is 3. The highest BCUT2D eigenvalue weighted by molar-refractivity contribution is 14.0. The van der Waals surface area contributed by atoms with Gasteiger partial charge in [0.1, 0.15) is 11.5 Å². The molecule has 0 saturated carbocycles. The van der Waals surface area contributed by atoms with E-state index in [9.17, 15) is 0 Å². The van der Waals surface area contributed by atoms with E-state index in [1.165, 1.54) is 0 Å². The fourth-order valence-electron chi connectivity index (χ4n) is 2.49. The van der Waals surface area contributed by atoms with Crippen LogP contribution in [-0.2, 0) is 0 Å². The molecule has 0 spiro atoms. The monoisotopic (exact) mass is 515 g/mol. The van der Waals surface area contributed by atoms with Crippen molar-refractivity contribution in [2.75, 3.05) is 46.3 Å². The maximum absolute atomic E-state index is 5.74. The molecule has 0 bridgehead atoms. The van der Waals surface area contributed by atoms with Gasteiger partial charge in [0.15, 0.2) is 17.5 Å². The maximum atomic E-state index is 5.74. The average molecular weight is 515 g/mol. The Hall–Kier alpha value is -2.36. The molecular formula is C21H30IN3O4. The second kappa shape index (κ2) is 13.8. The zero-order valence-electron chi connectivity index (χ0n) is 17.4. The van der Waals surface area contributed by atoms with Crippen LogP contribution >= 0.6 is 24.0 Å². The van der Waals surface area contributed by atoms with Gasteiger partial charge in [-0.15, -0.1) is 24.0 Å². The molecule has 0 aliphatic carbocycles. The van der Waals surface area contributed by atoms with E-state index in [0.717, 1.165) is 30.2 Å². The van der Waals surface area contributed by atoms with E-state index in [4.69, 9.17) is 18.9 Å². The summed E-state index contributed by atoms with van der Waals surface area (Å²) in [5.74, 6) is 3.62. The predicted molar refractivity (Wildman–Crippen MR) is 128 cm³/mol. The minimum Gasteiger partial charge on any atom is -0.497 e. The number of nitrogens with zero attached hydrogens (tertiary/aromatic N) is 1. The Morgan fingerprint density at radius 3 is 2.38 bits per heavy atom. The van der Waals surface area contributed by atoms with Gasteiger partial charge < -0.3 is 29.6 Å². The first kappa shape index (κ1) is 24.7. The van der Waals surface area contributed by atoms with Crippen molar-refractivity contribution in [3.8, 4) is 23.0 Å². The van der Waals surface area contributed by atoms with Crippen molar-refractivity contribution < 1.29 is 18.9 Å². The molecule has 0 radical (unpaired) electrons. The minimum atomic E-state index is 0. The van der Waals surface area contributed by atoms with Crippen LogP contribution in [0.25, 0.3) is 0 Å². The number of halogens is 1. The smallest absolute Gasteiger partial charge is 0.195 e. The number of hydrogen-bond donors (Lipinski definition) is 2. The number of anilines is 1. The lowest BCUT2D eigenvalue weighted by atomic mass is 10.3. The van der Waals surface area contributed by atoms with Crippen molar-refractivity contribution in [2.45, 2.75) is 13.3 Å². The van der Waals surface area contributed by atoms with Gasteiger partial charge in [-0.05, 0) is 31.2 Å². The molecule has 0 aliphatic rings. The number of ether oxygens (including phenoxy) is 4. The Morgan fingerprint density at radius 2 is 1.69 bits per heavy atom. The lowest BCUT2D eigenvalue weighted by molar-refractivity contribution is 0.311. The highest BCUT2D eigenvalue weighted by atomic mass is 127. The van der Waals surface area contributed by atoms with Crippen LogP contribution in [0, 0.1) is 0 Å². The molecule has 2 aromatic rings. The molecule has 2 rings (SSSR count). The zero-order chi connectivity index (χ0) is 20.2. The maximum Gasteiger partial charge on any atom is 0.195 e. The van der Waals surface area contributed by atoms with Gasteiger partial charge >= 0.3 is 0 Å². The summed E-state index contributed by atoms with van der Waals surface area (Å²) >= 11 is 0. The summed E-state index contributed by atoms with van der Waals surface area (Å²) in [7, 11) is 4.87. The summed E-state index contributed by atoms with van der Waals surface area (Å²) in [5, 5.41) is 6.51. The quantitative estimate of drug-likeness (QED) is 0.214. The summed E-state index contributed by atoms with van der Waals surface area (Å²) in [4.78, 5) is 4.59. The first-order valence-corrected chi connectivity index (χ1v) is 9.24. The predicted octanol–water partition coefficient (Wildman–Crippen LogP) is 4.18. The lowest BCUT2D eigenvalue weighted by Crippen LogP contribution is -2.30. The third-order valence-electron chi connectivity index (χ3n) is 3.87. The first-order valence-electron chi connectivity index (χ1n) is 9.24. The normalized spacial score (nSPS) is 10.6. The molecule has 8 heteroatoms. The molecule has 0 saturated heterocycles. The number of hydrogen-bond acceptors (Lipinski definition) is 5. The topological polar surface area (TPSA) is 73.3 Å². The number of nitrogens with one attached hydrogen (secondary N) is 2. The number of aliphatic imine (C=N–C) groups is 1. The van der Waals surface area contributed by atoms with Gasteiger partial charge in [-0.25, -0.2) is 0 Å². The highest BCUT2D eigenvalue weighted by Gasteiger charge is 2.06. The van der Waals surface area contributed by atoms with Crippen LogP contribution < -0.4 is 29.6 Å². The zero-order valence-corrected chi connectivity index (χ0v) is 19.7. The van der Waals surface area contributed by atoms with Crippen molar-refractivity contribution in [2.24, 2.45) is 4.99 Å². The Kier molecular flexibility index (Phi) is 11.7. The number of rotatable bonds is 10. The second-order valence-corrected chi connectivity index (χ2v) is 5.84. The van der Waals surface area contributed by atoms with Crippen molar-refractivity contribution in [1.29, 1.82) is 0 Å². The van der Waals surface area contributed by atoms with Crippen LogP contribution in [0.2, 0.25) is 0 Å². The Balaban J connectivity index is 0.00000420. The standard InChI is InChI=1S/C21H29N3O4.HI/c1-5-22-21(24-16-10-11-19(26-3)20(14-16)27-4)23-12-7-13-28-18-9-6-8-17(15-18)25-2;/h6,8-11,14-15H,5,7,12-13H2,1-4H3,(H2,22,23,24);1H. The Labute approximate surface area is 189 Å². The highest BCUT2D eigenvalue weighted by Crippen LogP contribution is 2.29. The molecule has 160 valence electrons. The van der Waals surface area contributed by atoms with E-state index >= 15 is 0 Å². The molecule has 0 fully saturated rings. The molecule has 0 heterocycles. The number of benzene rings is 2. The number of guanidine groups is 1. The summed E-state index contributed by atoms with van der Waals surface area (Å²) in [5.41, 5.74) is 0.866. The van der Waals surface area contributed by atoms with Crippen LogP contribution in [0.3, 0.4) is 0 Å². The summed E-state index contributed by atoms with van der Waals surface area (Å²) in [6.07, 6.45) is 0.791. The molecule has 0 unspecified atom stereocenters. The van der Waals surface area contributed by atoms with Crippen LogP contribution in [0.1, 0.15) is 13.3 Å². The van der Waals surface area contributed by atoms with E-state index in [0.29, 0.717) is 30.6 Å². The molecule has 7 nitrogen and oxygen atoms in total. The van der Waals surface area contributed by atoms with Crippen molar-refractivity contribution in [3.63, 3.8) is 0 Å². The van der Waals surface area contributed by atoms with E-state index in [1.54, 1.807) is 21.3 Å². The molecule has 0 aromatic heterocycles. The van der Waals surface area contributed by atoms with E-state index in [2.05, 4.69) is 15.6 Å². The SMILES string of the molecule is CCNC(=NCCCOc1cccc(OC)c1)Nc1ccc(OC)c(OC)c1.I. The van der Waals surface area contributed by atoms with E-state index in [-0.39, 0.29) is 24.0 Å². The van der Waals surface area contributed by atoms with Crippen LogP contribution in [-0.4, -0.2) is 47.0 Å². The third-order valence-corrected chi connectivity index (χ3v) is 3.87. The summed E-state index contributed by atoms with van der Waals surface area (Å²) < 4.78 is 21.5. The molecule has 0 atom stereocenters. The first-order chi connectivity index (χ1) is 13.7. The van der Waals surface area contributed by atoms with Crippen LogP contribution in [0.5, 0.6) is 23.0 Å². The Morgan fingerprint density at radius 1 is 0.931 bits per heavy atom. The minimum absolute atomic E-state index is 0. The van der Waals surface area contributed by atoms with Crippen LogP contribution in [0.4, 0.5) is 5.69 Å². The lowest BCUT2D eigenvalue weighted by Gasteiger charge is -2.14. The van der Waals surface area contributed by atoms with Gasteiger partial charge in [0.05, 0.1) is 27.9 Å². The summed E-state index contributed by atoms with van der Waals surface area (Å²) in [6.45, 7) is 4.00. The van der Waals surface area contributed by atoms with Gasteiger partial charge in [-0.2, -0.15) is 0 Å². The van der Waals surface area contributed by atoms with Crippen molar-refractivity contribution >= 4 is 35.6 Å². The van der Waals surface area contributed by atoms with Gasteiger partial charge in [0.2, 0.25) is 0 Å². The fraction of sp³-hybridized carbons (Fsp3) is 0.381. The molecule has 0 amide bonds. The molecule has 2 aromatic carbocycles. The van der Waals surface area contributed by atoms with Gasteiger partial charge in [-0.1, -0.05) is 6.07 Å². The third kappa shape index (κ3) is 8.26.